The van der Waals surface area contributed by atoms with Crippen LogP contribution >= 0.6 is 15.9 Å². The fourth-order valence-corrected chi connectivity index (χ4v) is 2.73. The van der Waals surface area contributed by atoms with Crippen LogP contribution in [0.1, 0.15) is 44.2 Å². The Morgan fingerprint density at radius 2 is 2.11 bits per heavy atom. The van der Waals surface area contributed by atoms with Crippen molar-refractivity contribution in [3.8, 4) is 0 Å². The van der Waals surface area contributed by atoms with Gasteiger partial charge in [0.1, 0.15) is 0 Å². The van der Waals surface area contributed by atoms with Crippen LogP contribution in [0.25, 0.3) is 0 Å². The second-order valence-electron chi connectivity index (χ2n) is 4.89. The normalized spacial score (nSPS) is 21.8. The molecule has 1 heterocycles. The molecule has 0 bridgehead atoms. The van der Waals surface area contributed by atoms with Gasteiger partial charge in [0, 0.05) is 11.1 Å². The molecule has 0 aliphatic carbocycles. The molecule has 3 heteroatoms. The molecule has 0 radical (unpaired) electrons. The summed E-state index contributed by atoms with van der Waals surface area (Å²) in [6.07, 6.45) is 5.13. The lowest BCUT2D eigenvalue weighted by atomic mass is 9.95. The molecule has 0 saturated carbocycles. The standard InChI is InChI=1S/C15H22BrNO/c1-2-10-17-15(14-5-3-4-11-18-14)12-6-8-13(16)9-7-12/h6-9,14-15,17H,2-5,10-11H2,1H3. The van der Waals surface area contributed by atoms with Gasteiger partial charge in [-0.15, -0.1) is 0 Å². The highest BCUT2D eigenvalue weighted by molar-refractivity contribution is 9.10. The molecule has 2 nitrogen and oxygen atoms in total. The minimum absolute atomic E-state index is 0.325. The Morgan fingerprint density at radius 1 is 1.33 bits per heavy atom. The zero-order valence-electron chi connectivity index (χ0n) is 11.0. The lowest BCUT2D eigenvalue weighted by Crippen LogP contribution is -2.36. The molecule has 2 unspecified atom stereocenters. The van der Waals surface area contributed by atoms with Crippen LogP contribution in [-0.4, -0.2) is 19.3 Å². The van der Waals surface area contributed by atoms with Gasteiger partial charge in [-0.2, -0.15) is 0 Å². The molecule has 18 heavy (non-hydrogen) atoms. The summed E-state index contributed by atoms with van der Waals surface area (Å²) < 4.78 is 7.08. The summed E-state index contributed by atoms with van der Waals surface area (Å²) in [5.41, 5.74) is 1.33. The topological polar surface area (TPSA) is 21.3 Å². The summed E-state index contributed by atoms with van der Waals surface area (Å²) in [6.45, 7) is 4.15. The van der Waals surface area contributed by atoms with E-state index in [4.69, 9.17) is 4.74 Å². The summed E-state index contributed by atoms with van der Waals surface area (Å²) in [5, 5.41) is 3.63. The van der Waals surface area contributed by atoms with Gasteiger partial charge in [0.05, 0.1) is 12.1 Å². The van der Waals surface area contributed by atoms with Gasteiger partial charge in [-0.25, -0.2) is 0 Å². The van der Waals surface area contributed by atoms with Crippen molar-refractivity contribution < 1.29 is 4.74 Å². The van der Waals surface area contributed by atoms with E-state index in [1.165, 1.54) is 18.4 Å². The number of hydrogen-bond acceptors (Lipinski definition) is 2. The monoisotopic (exact) mass is 311 g/mol. The van der Waals surface area contributed by atoms with Crippen LogP contribution in [0.15, 0.2) is 28.7 Å². The first-order chi connectivity index (χ1) is 8.81. The average Bonchev–Trinajstić information content (AvgIpc) is 2.42. The number of nitrogens with one attached hydrogen (secondary N) is 1. The molecular formula is C15H22BrNO. The fourth-order valence-electron chi connectivity index (χ4n) is 2.46. The predicted molar refractivity (Wildman–Crippen MR) is 78.8 cm³/mol. The number of benzene rings is 1. The van der Waals surface area contributed by atoms with E-state index in [9.17, 15) is 0 Å². The Labute approximate surface area is 118 Å². The zero-order valence-corrected chi connectivity index (χ0v) is 12.6. The Morgan fingerprint density at radius 3 is 2.72 bits per heavy atom. The Balaban J connectivity index is 2.10. The van der Waals surface area contributed by atoms with Crippen molar-refractivity contribution in [1.29, 1.82) is 0 Å². The van der Waals surface area contributed by atoms with Gasteiger partial charge in [0.2, 0.25) is 0 Å². The largest absolute Gasteiger partial charge is 0.376 e. The smallest absolute Gasteiger partial charge is 0.0769 e. The molecule has 100 valence electrons. The molecule has 1 aliphatic heterocycles. The second-order valence-corrected chi connectivity index (χ2v) is 5.80. The van der Waals surface area contributed by atoms with E-state index in [1.54, 1.807) is 0 Å². The maximum atomic E-state index is 5.95. The molecule has 0 aromatic heterocycles. The van der Waals surface area contributed by atoms with E-state index in [2.05, 4.69) is 52.4 Å². The van der Waals surface area contributed by atoms with Crippen molar-refractivity contribution in [2.45, 2.75) is 44.8 Å². The lowest BCUT2D eigenvalue weighted by molar-refractivity contribution is -0.00815. The van der Waals surface area contributed by atoms with Gasteiger partial charge < -0.3 is 10.1 Å². The third-order valence-electron chi connectivity index (χ3n) is 3.43. The number of halogens is 1. The van der Waals surface area contributed by atoms with Gasteiger partial charge in [-0.05, 0) is 49.9 Å². The molecule has 0 amide bonds. The van der Waals surface area contributed by atoms with Crippen molar-refractivity contribution >= 4 is 15.9 Å². The highest BCUT2D eigenvalue weighted by Crippen LogP contribution is 2.27. The van der Waals surface area contributed by atoms with Crippen LogP contribution in [0.4, 0.5) is 0 Å². The van der Waals surface area contributed by atoms with E-state index in [1.807, 2.05) is 0 Å². The van der Waals surface area contributed by atoms with Crippen LogP contribution in [0.2, 0.25) is 0 Å². The minimum Gasteiger partial charge on any atom is -0.376 e. The van der Waals surface area contributed by atoms with Crippen molar-refractivity contribution in [3.63, 3.8) is 0 Å². The molecule has 2 atom stereocenters. The predicted octanol–water partition coefficient (Wildman–Crippen LogP) is 4.06. The number of ether oxygens (including phenoxy) is 1. The van der Waals surface area contributed by atoms with Crippen molar-refractivity contribution in [1.82, 2.24) is 5.32 Å². The third kappa shape index (κ3) is 3.81. The highest BCUT2D eigenvalue weighted by atomic mass is 79.9. The SMILES string of the molecule is CCCNC(c1ccc(Br)cc1)C1CCCCO1. The second kappa shape index (κ2) is 7.27. The van der Waals surface area contributed by atoms with Gasteiger partial charge in [0.25, 0.3) is 0 Å². The average molecular weight is 312 g/mol. The maximum absolute atomic E-state index is 5.95. The molecule has 1 aromatic rings. The molecule has 1 fully saturated rings. The van der Waals surface area contributed by atoms with Crippen molar-refractivity contribution in [3.05, 3.63) is 34.3 Å². The quantitative estimate of drug-likeness (QED) is 0.885. The summed E-state index contributed by atoms with van der Waals surface area (Å²) in [7, 11) is 0. The highest BCUT2D eigenvalue weighted by Gasteiger charge is 2.25. The summed E-state index contributed by atoms with van der Waals surface area (Å²) >= 11 is 3.49. The minimum atomic E-state index is 0.325. The van der Waals surface area contributed by atoms with Crippen LogP contribution < -0.4 is 5.32 Å². The van der Waals surface area contributed by atoms with E-state index in [0.717, 1.165) is 30.5 Å². The van der Waals surface area contributed by atoms with Gasteiger partial charge in [-0.3, -0.25) is 0 Å². The van der Waals surface area contributed by atoms with Crippen LogP contribution in [0, 0.1) is 0 Å². The lowest BCUT2D eigenvalue weighted by Gasteiger charge is -2.31. The number of rotatable bonds is 5. The Kier molecular flexibility index (Phi) is 5.67. The number of hydrogen-bond donors (Lipinski definition) is 1. The third-order valence-corrected chi connectivity index (χ3v) is 3.96. The fraction of sp³-hybridized carbons (Fsp3) is 0.600. The van der Waals surface area contributed by atoms with E-state index in [-0.39, 0.29) is 0 Å². The van der Waals surface area contributed by atoms with Crippen LogP contribution in [0.5, 0.6) is 0 Å². The molecule has 1 aliphatic rings. The summed E-state index contributed by atoms with van der Waals surface area (Å²) in [5.74, 6) is 0. The molecule has 1 aromatic carbocycles. The maximum Gasteiger partial charge on any atom is 0.0769 e. The van der Waals surface area contributed by atoms with Crippen molar-refractivity contribution in [2.24, 2.45) is 0 Å². The first-order valence-electron chi connectivity index (χ1n) is 6.91. The van der Waals surface area contributed by atoms with Gasteiger partial charge >= 0.3 is 0 Å². The molecule has 2 rings (SSSR count). The van der Waals surface area contributed by atoms with Gasteiger partial charge in [0.15, 0.2) is 0 Å². The summed E-state index contributed by atoms with van der Waals surface area (Å²) in [4.78, 5) is 0. The van der Waals surface area contributed by atoms with Crippen LogP contribution in [-0.2, 0) is 4.74 Å². The first-order valence-corrected chi connectivity index (χ1v) is 7.71. The van der Waals surface area contributed by atoms with Crippen LogP contribution in [0.3, 0.4) is 0 Å². The zero-order chi connectivity index (χ0) is 12.8. The molecule has 0 spiro atoms. The summed E-state index contributed by atoms with van der Waals surface area (Å²) in [6, 6.07) is 8.93. The van der Waals surface area contributed by atoms with E-state index in [0.29, 0.717) is 12.1 Å². The first kappa shape index (κ1) is 14.0. The molecule has 1 saturated heterocycles. The van der Waals surface area contributed by atoms with Gasteiger partial charge in [-0.1, -0.05) is 35.0 Å². The molecular weight excluding hydrogens is 290 g/mol. The van der Waals surface area contributed by atoms with Crippen molar-refractivity contribution in [2.75, 3.05) is 13.2 Å². The van der Waals surface area contributed by atoms with E-state index < -0.39 is 0 Å². The molecule has 1 N–H and O–H groups in total. The Bertz CT molecular complexity index is 346. The Hall–Kier alpha value is -0.380. The van der Waals surface area contributed by atoms with E-state index >= 15 is 0 Å².